The Balaban J connectivity index is 1.60. The van der Waals surface area contributed by atoms with Crippen LogP contribution in [0.4, 0.5) is 14.5 Å². The van der Waals surface area contributed by atoms with Gasteiger partial charge in [-0.3, -0.25) is 9.69 Å². The van der Waals surface area contributed by atoms with Crippen LogP contribution in [-0.2, 0) is 10.5 Å². The Labute approximate surface area is 186 Å². The summed E-state index contributed by atoms with van der Waals surface area (Å²) in [6, 6.07) is 18.4. The lowest BCUT2D eigenvalue weighted by molar-refractivity contribution is -0.113. The molecule has 1 aliphatic rings. The van der Waals surface area contributed by atoms with Crippen LogP contribution >= 0.6 is 11.8 Å². The first kappa shape index (κ1) is 21.3. The van der Waals surface area contributed by atoms with E-state index in [1.54, 1.807) is 30.3 Å². The molecule has 0 spiro atoms. The summed E-state index contributed by atoms with van der Waals surface area (Å²) >= 11 is 1.34. The average molecular weight is 451 g/mol. The number of ether oxygens (including phenoxy) is 1. The van der Waals surface area contributed by atoms with Crippen LogP contribution in [0.15, 0.2) is 82.0 Å². The maximum absolute atomic E-state index is 13.1. The fourth-order valence-corrected chi connectivity index (χ4v) is 3.90. The molecule has 0 unspecified atom stereocenters. The van der Waals surface area contributed by atoms with E-state index in [2.05, 4.69) is 15.8 Å². The number of amidine groups is 1. The Bertz CT molecular complexity index is 1200. The van der Waals surface area contributed by atoms with Crippen molar-refractivity contribution in [3.8, 4) is 11.8 Å². The Kier molecular flexibility index (Phi) is 6.33. The highest BCUT2D eigenvalue weighted by molar-refractivity contribution is 8.13. The van der Waals surface area contributed by atoms with E-state index in [0.717, 1.165) is 5.56 Å². The lowest BCUT2D eigenvalue weighted by Gasteiger charge is -2.18. The maximum atomic E-state index is 13.1. The normalized spacial score (nSPS) is 14.7. The highest BCUT2D eigenvalue weighted by atomic mass is 32.2. The van der Waals surface area contributed by atoms with Crippen LogP contribution in [-0.4, -0.2) is 17.7 Å². The van der Waals surface area contributed by atoms with Crippen molar-refractivity contribution in [1.29, 1.82) is 5.26 Å². The van der Waals surface area contributed by atoms with Crippen LogP contribution in [0.2, 0.25) is 0 Å². The molecule has 160 valence electrons. The van der Waals surface area contributed by atoms with Gasteiger partial charge >= 0.3 is 6.61 Å². The van der Waals surface area contributed by atoms with Crippen molar-refractivity contribution >= 4 is 34.6 Å². The van der Waals surface area contributed by atoms with Crippen molar-refractivity contribution < 1.29 is 22.7 Å². The van der Waals surface area contributed by atoms with E-state index < -0.39 is 6.61 Å². The van der Waals surface area contributed by atoms with Gasteiger partial charge in [-0.25, -0.2) is 4.99 Å². The van der Waals surface area contributed by atoms with Crippen LogP contribution in [0.25, 0.3) is 6.08 Å². The molecule has 3 aromatic rings. The van der Waals surface area contributed by atoms with Crippen LogP contribution in [0, 0.1) is 11.3 Å². The molecule has 4 rings (SSSR count). The quantitative estimate of drug-likeness (QED) is 0.467. The standard InChI is InChI=1S/C23H15F2N3O3S/c24-22(25)31-18-9-7-17(8-10-18)28-21(29)20(12-19-2-1-11-30-19)27-23(28)32-14-16-5-3-15(13-26)4-6-16/h1-12,22H,14H2/b20-12+. The Hall–Kier alpha value is -3.90. The second-order valence-electron chi connectivity index (χ2n) is 6.55. The smallest absolute Gasteiger partial charge is 0.387 e. The Morgan fingerprint density at radius 1 is 1.16 bits per heavy atom. The van der Waals surface area contributed by atoms with Gasteiger partial charge in [0.25, 0.3) is 5.91 Å². The fourth-order valence-electron chi connectivity index (χ4n) is 2.93. The zero-order chi connectivity index (χ0) is 22.5. The number of hydrogen-bond acceptors (Lipinski definition) is 6. The predicted octanol–water partition coefficient (Wildman–Crippen LogP) is 5.43. The van der Waals surface area contributed by atoms with Gasteiger partial charge in [-0.2, -0.15) is 14.0 Å². The lowest BCUT2D eigenvalue weighted by Crippen LogP contribution is -2.30. The van der Waals surface area contributed by atoms with Gasteiger partial charge in [-0.1, -0.05) is 23.9 Å². The number of carbonyl (C=O) groups is 1. The summed E-state index contributed by atoms with van der Waals surface area (Å²) < 4.78 is 34.6. The molecule has 0 saturated carbocycles. The Morgan fingerprint density at radius 3 is 2.53 bits per heavy atom. The SMILES string of the molecule is N#Cc1ccc(CSC2=N/C(=C/c3ccco3)C(=O)N2c2ccc(OC(F)F)cc2)cc1. The number of amides is 1. The molecule has 1 amide bonds. The molecular weight excluding hydrogens is 436 g/mol. The summed E-state index contributed by atoms with van der Waals surface area (Å²) in [5.74, 6) is 0.613. The molecule has 0 bridgehead atoms. The number of furan rings is 1. The number of alkyl halides is 2. The van der Waals surface area contributed by atoms with E-state index in [0.29, 0.717) is 27.9 Å². The fraction of sp³-hybridized carbons (Fsp3) is 0.0870. The zero-order valence-corrected chi connectivity index (χ0v) is 17.3. The highest BCUT2D eigenvalue weighted by Gasteiger charge is 2.32. The van der Waals surface area contributed by atoms with E-state index in [-0.39, 0.29) is 17.4 Å². The second-order valence-corrected chi connectivity index (χ2v) is 7.49. The lowest BCUT2D eigenvalue weighted by atomic mass is 10.2. The number of anilines is 1. The molecule has 32 heavy (non-hydrogen) atoms. The van der Waals surface area contributed by atoms with Crippen LogP contribution in [0.1, 0.15) is 16.9 Å². The van der Waals surface area contributed by atoms with Crippen molar-refractivity contribution in [2.75, 3.05) is 4.90 Å². The van der Waals surface area contributed by atoms with Gasteiger partial charge in [0.15, 0.2) is 5.17 Å². The minimum Gasteiger partial charge on any atom is -0.465 e. The molecule has 1 aliphatic heterocycles. The highest BCUT2D eigenvalue weighted by Crippen LogP contribution is 2.32. The molecule has 9 heteroatoms. The summed E-state index contributed by atoms with van der Waals surface area (Å²) in [7, 11) is 0. The number of aliphatic imine (C=N–C) groups is 1. The molecule has 6 nitrogen and oxygen atoms in total. The molecule has 2 heterocycles. The number of benzene rings is 2. The molecule has 1 aromatic heterocycles. The first-order valence-corrected chi connectivity index (χ1v) is 10.4. The molecular formula is C23H15F2N3O3S. The number of hydrogen-bond donors (Lipinski definition) is 0. The van der Waals surface area contributed by atoms with Crippen molar-refractivity contribution in [3.63, 3.8) is 0 Å². The van der Waals surface area contributed by atoms with Crippen LogP contribution in [0.3, 0.4) is 0 Å². The molecule has 0 radical (unpaired) electrons. The summed E-state index contributed by atoms with van der Waals surface area (Å²) in [6.07, 6.45) is 3.04. The van der Waals surface area contributed by atoms with Crippen LogP contribution in [0.5, 0.6) is 5.75 Å². The zero-order valence-electron chi connectivity index (χ0n) is 16.4. The molecule has 0 atom stereocenters. The maximum Gasteiger partial charge on any atom is 0.387 e. The van der Waals surface area contributed by atoms with Crippen molar-refractivity contribution in [3.05, 3.63) is 89.5 Å². The first-order chi connectivity index (χ1) is 15.5. The van der Waals surface area contributed by atoms with Crippen molar-refractivity contribution in [2.45, 2.75) is 12.4 Å². The topological polar surface area (TPSA) is 78.8 Å². The van der Waals surface area contributed by atoms with E-state index in [9.17, 15) is 13.6 Å². The van der Waals surface area contributed by atoms with Crippen molar-refractivity contribution in [1.82, 2.24) is 0 Å². The third-order valence-electron chi connectivity index (χ3n) is 4.42. The van der Waals surface area contributed by atoms with Gasteiger partial charge in [0.1, 0.15) is 17.2 Å². The molecule has 0 fully saturated rings. The molecule has 0 saturated heterocycles. The third kappa shape index (κ3) is 4.87. The number of thioether (sulfide) groups is 1. The summed E-state index contributed by atoms with van der Waals surface area (Å²) in [4.78, 5) is 19.0. The average Bonchev–Trinajstić information content (AvgIpc) is 3.41. The molecule has 2 aromatic carbocycles. The number of rotatable bonds is 6. The van der Waals surface area contributed by atoms with E-state index in [1.165, 1.54) is 47.2 Å². The summed E-state index contributed by atoms with van der Waals surface area (Å²) in [5, 5.41) is 9.37. The largest absolute Gasteiger partial charge is 0.465 e. The number of nitriles is 1. The summed E-state index contributed by atoms with van der Waals surface area (Å²) in [6.45, 7) is -2.93. The van der Waals surface area contributed by atoms with Crippen molar-refractivity contribution in [2.24, 2.45) is 4.99 Å². The minimum atomic E-state index is -2.93. The van der Waals surface area contributed by atoms with E-state index in [1.807, 2.05) is 12.1 Å². The second kappa shape index (κ2) is 9.49. The van der Waals surface area contributed by atoms with E-state index in [4.69, 9.17) is 9.68 Å². The van der Waals surface area contributed by atoms with Gasteiger partial charge < -0.3 is 9.15 Å². The van der Waals surface area contributed by atoms with Gasteiger partial charge in [-0.05, 0) is 54.1 Å². The predicted molar refractivity (Wildman–Crippen MR) is 117 cm³/mol. The third-order valence-corrected chi connectivity index (χ3v) is 5.43. The summed E-state index contributed by atoms with van der Waals surface area (Å²) in [5.41, 5.74) is 2.16. The van der Waals surface area contributed by atoms with Gasteiger partial charge in [0.2, 0.25) is 0 Å². The number of nitrogens with zero attached hydrogens (tertiary/aromatic N) is 3. The van der Waals surface area contributed by atoms with Crippen LogP contribution < -0.4 is 9.64 Å². The van der Waals surface area contributed by atoms with E-state index >= 15 is 0 Å². The number of halogens is 2. The number of carbonyl (C=O) groups excluding carboxylic acids is 1. The first-order valence-electron chi connectivity index (χ1n) is 9.38. The van der Waals surface area contributed by atoms with Gasteiger partial charge in [-0.15, -0.1) is 0 Å². The minimum absolute atomic E-state index is 0.00882. The van der Waals surface area contributed by atoms with Gasteiger partial charge in [0, 0.05) is 11.8 Å². The van der Waals surface area contributed by atoms with Gasteiger partial charge in [0.05, 0.1) is 23.6 Å². The monoisotopic (exact) mass is 451 g/mol. The molecule has 0 N–H and O–H groups in total. The Morgan fingerprint density at radius 2 is 1.91 bits per heavy atom. The molecule has 0 aliphatic carbocycles.